The topological polar surface area (TPSA) is 12.0 Å². The van der Waals surface area contributed by atoms with Gasteiger partial charge < -0.3 is 5.32 Å². The first kappa shape index (κ1) is 11.2. The lowest BCUT2D eigenvalue weighted by Gasteiger charge is -2.06. The molecule has 0 radical (unpaired) electrons. The van der Waals surface area contributed by atoms with E-state index in [1.165, 1.54) is 12.1 Å². The van der Waals surface area contributed by atoms with Crippen LogP contribution in [0.4, 0.5) is 14.5 Å². The predicted octanol–water partition coefficient (Wildman–Crippen LogP) is 3.94. The second-order valence-corrected chi connectivity index (χ2v) is 3.92. The highest BCUT2D eigenvalue weighted by molar-refractivity contribution is 9.11. The zero-order valence-electron chi connectivity index (χ0n) is 7.43. The first-order valence-electron chi connectivity index (χ1n) is 4.05. The summed E-state index contributed by atoms with van der Waals surface area (Å²) in [4.78, 5) is 0. The lowest BCUT2D eigenvalue weighted by Crippen LogP contribution is -2.00. The number of hydrogen-bond acceptors (Lipinski definition) is 1. The summed E-state index contributed by atoms with van der Waals surface area (Å²) in [5.41, 5.74) is 0.693. The van der Waals surface area contributed by atoms with Gasteiger partial charge in [0.15, 0.2) is 0 Å². The molecule has 0 aliphatic heterocycles. The molecular formula is C10H10BrF2N. The number of halogens is 3. The average Bonchev–Trinajstić information content (AvgIpc) is 2.15. The lowest BCUT2D eigenvalue weighted by atomic mass is 10.2. The highest BCUT2D eigenvalue weighted by atomic mass is 79.9. The zero-order valence-corrected chi connectivity index (χ0v) is 9.02. The normalized spacial score (nSPS) is 10.3. The summed E-state index contributed by atoms with van der Waals surface area (Å²) in [6, 6.07) is 6.17. The molecule has 4 heteroatoms. The molecule has 0 aromatic heterocycles. The molecule has 0 aliphatic rings. The summed E-state index contributed by atoms with van der Waals surface area (Å²) in [6.45, 7) is 4.15. The van der Waals surface area contributed by atoms with E-state index in [9.17, 15) is 8.78 Å². The second kappa shape index (κ2) is 5.10. The minimum absolute atomic E-state index is 0.0233. The van der Waals surface area contributed by atoms with Crippen LogP contribution in [-0.2, 0) is 0 Å². The van der Waals surface area contributed by atoms with Crippen molar-refractivity contribution in [2.75, 3.05) is 11.9 Å². The molecule has 76 valence electrons. The van der Waals surface area contributed by atoms with E-state index in [0.717, 1.165) is 4.48 Å². The molecule has 1 aromatic carbocycles. The third-order valence-corrected chi connectivity index (χ3v) is 1.90. The van der Waals surface area contributed by atoms with E-state index in [-0.39, 0.29) is 5.56 Å². The predicted molar refractivity (Wildman–Crippen MR) is 58.0 cm³/mol. The van der Waals surface area contributed by atoms with Crippen molar-refractivity contribution in [3.63, 3.8) is 0 Å². The van der Waals surface area contributed by atoms with Crippen LogP contribution in [0.15, 0.2) is 35.3 Å². The largest absolute Gasteiger partial charge is 0.380 e. The fraction of sp³-hybridized carbons (Fsp3) is 0.200. The molecule has 0 unspecified atom stereocenters. The molecule has 0 atom stereocenters. The van der Waals surface area contributed by atoms with Gasteiger partial charge in [0.05, 0.1) is 0 Å². The van der Waals surface area contributed by atoms with Crippen LogP contribution < -0.4 is 5.32 Å². The SMILES string of the molecule is C=C(Br)CNc1cccc(C(F)F)c1. The molecule has 0 saturated heterocycles. The molecule has 0 bridgehead atoms. The van der Waals surface area contributed by atoms with Crippen LogP contribution in [0.1, 0.15) is 12.0 Å². The fourth-order valence-electron chi connectivity index (χ4n) is 0.982. The van der Waals surface area contributed by atoms with Crippen molar-refractivity contribution in [2.24, 2.45) is 0 Å². The van der Waals surface area contributed by atoms with Crippen LogP contribution in [0, 0.1) is 0 Å². The van der Waals surface area contributed by atoms with E-state index in [0.29, 0.717) is 12.2 Å². The molecule has 0 spiro atoms. The van der Waals surface area contributed by atoms with Gasteiger partial charge in [-0.2, -0.15) is 0 Å². The van der Waals surface area contributed by atoms with Crippen LogP contribution >= 0.6 is 15.9 Å². The molecule has 1 N–H and O–H groups in total. The van der Waals surface area contributed by atoms with E-state index in [2.05, 4.69) is 27.8 Å². The van der Waals surface area contributed by atoms with Gasteiger partial charge in [0.1, 0.15) is 0 Å². The molecule has 0 fully saturated rings. The minimum Gasteiger partial charge on any atom is -0.380 e. The van der Waals surface area contributed by atoms with Gasteiger partial charge >= 0.3 is 0 Å². The summed E-state index contributed by atoms with van der Waals surface area (Å²) in [6.07, 6.45) is -2.43. The smallest absolute Gasteiger partial charge is 0.263 e. The molecule has 0 heterocycles. The Morgan fingerprint density at radius 2 is 2.21 bits per heavy atom. The van der Waals surface area contributed by atoms with E-state index >= 15 is 0 Å². The fourth-order valence-corrected chi connectivity index (χ4v) is 1.12. The maximum atomic E-state index is 12.3. The van der Waals surface area contributed by atoms with E-state index < -0.39 is 6.43 Å². The maximum Gasteiger partial charge on any atom is 0.263 e. The highest BCUT2D eigenvalue weighted by Gasteiger charge is 2.06. The van der Waals surface area contributed by atoms with Gasteiger partial charge in [0.2, 0.25) is 0 Å². The molecule has 1 rings (SSSR count). The summed E-state index contributed by atoms with van der Waals surface area (Å²) >= 11 is 3.17. The van der Waals surface area contributed by atoms with Crippen molar-refractivity contribution in [1.29, 1.82) is 0 Å². The average molecular weight is 262 g/mol. The molecular weight excluding hydrogens is 252 g/mol. The Labute approximate surface area is 90.0 Å². The summed E-state index contributed by atoms with van der Waals surface area (Å²) in [5.74, 6) is 0. The zero-order chi connectivity index (χ0) is 10.6. The van der Waals surface area contributed by atoms with Crippen molar-refractivity contribution in [2.45, 2.75) is 6.43 Å². The molecule has 0 saturated carbocycles. The highest BCUT2D eigenvalue weighted by Crippen LogP contribution is 2.21. The molecule has 14 heavy (non-hydrogen) atoms. The Bertz CT molecular complexity index is 326. The number of nitrogens with one attached hydrogen (secondary N) is 1. The Morgan fingerprint density at radius 1 is 1.50 bits per heavy atom. The van der Waals surface area contributed by atoms with Gasteiger partial charge in [0, 0.05) is 22.3 Å². The number of rotatable bonds is 4. The van der Waals surface area contributed by atoms with Gasteiger partial charge in [0.25, 0.3) is 6.43 Å². The van der Waals surface area contributed by atoms with Crippen molar-refractivity contribution < 1.29 is 8.78 Å². The van der Waals surface area contributed by atoms with Crippen LogP contribution in [0.25, 0.3) is 0 Å². The minimum atomic E-state index is -2.43. The monoisotopic (exact) mass is 261 g/mol. The van der Waals surface area contributed by atoms with Gasteiger partial charge in [-0.15, -0.1) is 0 Å². The van der Waals surface area contributed by atoms with E-state index in [1.54, 1.807) is 12.1 Å². The van der Waals surface area contributed by atoms with E-state index in [4.69, 9.17) is 0 Å². The standard InChI is InChI=1S/C10H10BrF2N/c1-7(11)6-14-9-4-2-3-8(5-9)10(12)13/h2-5,10,14H,1,6H2. The Balaban J connectivity index is 2.68. The van der Waals surface area contributed by atoms with Gasteiger partial charge in [-0.1, -0.05) is 34.6 Å². The molecule has 0 amide bonds. The number of anilines is 1. The first-order chi connectivity index (χ1) is 6.59. The number of benzene rings is 1. The Kier molecular flexibility index (Phi) is 4.07. The summed E-state index contributed by atoms with van der Waals surface area (Å²) in [7, 11) is 0. The maximum absolute atomic E-state index is 12.3. The van der Waals surface area contributed by atoms with Crippen molar-refractivity contribution in [3.8, 4) is 0 Å². The summed E-state index contributed by atoms with van der Waals surface area (Å²) in [5, 5.41) is 2.96. The van der Waals surface area contributed by atoms with Crippen molar-refractivity contribution >= 4 is 21.6 Å². The molecule has 1 nitrogen and oxygen atoms in total. The van der Waals surface area contributed by atoms with E-state index in [1.807, 2.05) is 0 Å². The second-order valence-electron chi connectivity index (χ2n) is 2.80. The lowest BCUT2D eigenvalue weighted by molar-refractivity contribution is 0.151. The third-order valence-electron chi connectivity index (χ3n) is 1.62. The quantitative estimate of drug-likeness (QED) is 0.866. The Morgan fingerprint density at radius 3 is 2.79 bits per heavy atom. The number of alkyl halides is 2. The molecule has 1 aromatic rings. The van der Waals surface area contributed by atoms with Crippen LogP contribution in [-0.4, -0.2) is 6.54 Å². The van der Waals surface area contributed by atoms with Crippen LogP contribution in [0.3, 0.4) is 0 Å². The number of hydrogen-bond donors (Lipinski definition) is 1. The van der Waals surface area contributed by atoms with Gasteiger partial charge in [-0.05, 0) is 12.1 Å². The Hall–Kier alpha value is -0.900. The van der Waals surface area contributed by atoms with Crippen LogP contribution in [0.2, 0.25) is 0 Å². The van der Waals surface area contributed by atoms with Crippen LogP contribution in [0.5, 0.6) is 0 Å². The van der Waals surface area contributed by atoms with Crippen molar-refractivity contribution in [3.05, 3.63) is 40.9 Å². The third kappa shape index (κ3) is 3.46. The van der Waals surface area contributed by atoms with Gasteiger partial charge in [-0.3, -0.25) is 0 Å². The summed E-state index contributed by atoms with van der Waals surface area (Å²) < 4.78 is 25.4. The van der Waals surface area contributed by atoms with Gasteiger partial charge in [-0.25, -0.2) is 8.78 Å². The molecule has 0 aliphatic carbocycles. The first-order valence-corrected chi connectivity index (χ1v) is 4.84. The van der Waals surface area contributed by atoms with Crippen molar-refractivity contribution in [1.82, 2.24) is 0 Å².